The molecule has 19 heavy (non-hydrogen) atoms. The minimum Gasteiger partial charge on any atom is -0.311 e. The molecule has 1 fully saturated rings. The molecule has 0 amide bonds. The fourth-order valence-corrected chi connectivity index (χ4v) is 4.08. The first-order valence-corrected chi connectivity index (χ1v) is 8.16. The Balaban J connectivity index is 1.71. The van der Waals surface area contributed by atoms with Crippen molar-refractivity contribution in [2.45, 2.75) is 53.0 Å². The van der Waals surface area contributed by atoms with Crippen LogP contribution in [-0.2, 0) is 6.54 Å². The molecule has 0 aromatic carbocycles. The van der Waals surface area contributed by atoms with Crippen molar-refractivity contribution in [3.8, 4) is 0 Å². The van der Waals surface area contributed by atoms with E-state index in [1.54, 1.807) is 11.3 Å². The zero-order chi connectivity index (χ0) is 13.5. The summed E-state index contributed by atoms with van der Waals surface area (Å²) in [5.41, 5.74) is 4.38. The van der Waals surface area contributed by atoms with Gasteiger partial charge in [0.05, 0.1) is 11.4 Å². The van der Waals surface area contributed by atoms with Gasteiger partial charge >= 0.3 is 0 Å². The number of aromatic nitrogens is 2. The van der Waals surface area contributed by atoms with E-state index in [9.17, 15) is 0 Å². The number of thiazole rings is 1. The Morgan fingerprint density at radius 3 is 2.84 bits per heavy atom. The van der Waals surface area contributed by atoms with Gasteiger partial charge in [-0.15, -0.1) is 11.3 Å². The molecule has 3 rings (SSSR count). The Bertz CT molecular complexity index is 572. The summed E-state index contributed by atoms with van der Waals surface area (Å²) in [6.07, 6.45) is 5.51. The number of imidazole rings is 1. The predicted molar refractivity (Wildman–Crippen MR) is 80.8 cm³/mol. The molecule has 3 nitrogen and oxygen atoms in total. The van der Waals surface area contributed by atoms with Crippen LogP contribution >= 0.6 is 11.3 Å². The number of hydrogen-bond donors (Lipinski definition) is 1. The van der Waals surface area contributed by atoms with Gasteiger partial charge in [0, 0.05) is 24.2 Å². The van der Waals surface area contributed by atoms with Gasteiger partial charge in [-0.05, 0) is 38.5 Å². The van der Waals surface area contributed by atoms with Crippen molar-refractivity contribution in [1.29, 1.82) is 0 Å². The van der Waals surface area contributed by atoms with Gasteiger partial charge in [-0.25, -0.2) is 4.98 Å². The third-order valence-electron chi connectivity index (χ3n) is 4.79. The smallest absolute Gasteiger partial charge is 0.194 e. The van der Waals surface area contributed by atoms with Crippen molar-refractivity contribution in [3.05, 3.63) is 22.5 Å². The first-order valence-electron chi connectivity index (χ1n) is 7.28. The molecule has 1 aliphatic carbocycles. The number of aryl methyl sites for hydroxylation is 2. The van der Waals surface area contributed by atoms with E-state index in [1.807, 2.05) is 0 Å². The lowest BCUT2D eigenvalue weighted by Gasteiger charge is -2.41. The lowest BCUT2D eigenvalue weighted by molar-refractivity contribution is 0.123. The van der Waals surface area contributed by atoms with Crippen molar-refractivity contribution in [1.82, 2.24) is 14.7 Å². The van der Waals surface area contributed by atoms with Crippen LogP contribution < -0.4 is 5.32 Å². The van der Waals surface area contributed by atoms with Crippen LogP contribution in [0.15, 0.2) is 5.38 Å². The minimum atomic E-state index is 0.585. The molecule has 104 valence electrons. The molecule has 0 atom stereocenters. The molecule has 0 unspecified atom stereocenters. The second-order valence-corrected chi connectivity index (χ2v) is 6.79. The third-order valence-corrected chi connectivity index (χ3v) is 5.73. The zero-order valence-corrected chi connectivity index (χ0v) is 12.9. The van der Waals surface area contributed by atoms with Crippen LogP contribution in [0.4, 0.5) is 0 Å². The summed E-state index contributed by atoms with van der Waals surface area (Å²) >= 11 is 1.73. The summed E-state index contributed by atoms with van der Waals surface area (Å²) in [7, 11) is 0. The molecule has 2 heterocycles. The van der Waals surface area contributed by atoms with Crippen molar-refractivity contribution in [2.24, 2.45) is 5.41 Å². The molecule has 1 saturated carbocycles. The normalized spacial score (nSPS) is 17.8. The summed E-state index contributed by atoms with van der Waals surface area (Å²) in [5, 5.41) is 5.86. The molecule has 1 aliphatic rings. The SMILES string of the molecule is CCC1(CNCc2c(C)nc3scc(C)n23)CCC1. The molecule has 0 saturated heterocycles. The molecular formula is C15H23N3S. The lowest BCUT2D eigenvalue weighted by atomic mass is 9.67. The molecule has 4 heteroatoms. The van der Waals surface area contributed by atoms with Crippen LogP contribution in [0.2, 0.25) is 0 Å². The zero-order valence-electron chi connectivity index (χ0n) is 12.1. The van der Waals surface area contributed by atoms with E-state index in [-0.39, 0.29) is 0 Å². The van der Waals surface area contributed by atoms with E-state index in [1.165, 1.54) is 42.8 Å². The van der Waals surface area contributed by atoms with Gasteiger partial charge in [0.2, 0.25) is 0 Å². The summed E-state index contributed by atoms with van der Waals surface area (Å²) in [5.74, 6) is 0. The van der Waals surface area contributed by atoms with E-state index >= 15 is 0 Å². The number of hydrogen-bond acceptors (Lipinski definition) is 3. The summed E-state index contributed by atoms with van der Waals surface area (Å²) in [6, 6.07) is 0. The topological polar surface area (TPSA) is 29.3 Å². The molecule has 2 aromatic heterocycles. The number of nitrogens with zero attached hydrogens (tertiary/aromatic N) is 2. The molecular weight excluding hydrogens is 254 g/mol. The van der Waals surface area contributed by atoms with Crippen molar-refractivity contribution in [3.63, 3.8) is 0 Å². The summed E-state index contributed by atoms with van der Waals surface area (Å²) in [4.78, 5) is 5.77. The molecule has 0 aliphatic heterocycles. The largest absolute Gasteiger partial charge is 0.311 e. The van der Waals surface area contributed by atoms with Crippen LogP contribution in [0.3, 0.4) is 0 Å². The van der Waals surface area contributed by atoms with Crippen molar-refractivity contribution >= 4 is 16.3 Å². The van der Waals surface area contributed by atoms with Crippen LogP contribution in [0.25, 0.3) is 4.96 Å². The van der Waals surface area contributed by atoms with Crippen LogP contribution in [0.1, 0.15) is 49.7 Å². The average Bonchev–Trinajstić information content (AvgIpc) is 2.84. The van der Waals surface area contributed by atoms with Gasteiger partial charge in [0.15, 0.2) is 4.96 Å². The monoisotopic (exact) mass is 277 g/mol. The molecule has 0 spiro atoms. The van der Waals surface area contributed by atoms with E-state index in [0.29, 0.717) is 5.41 Å². The first-order chi connectivity index (χ1) is 9.15. The third kappa shape index (κ3) is 2.21. The highest BCUT2D eigenvalue weighted by molar-refractivity contribution is 7.15. The molecule has 0 bridgehead atoms. The Morgan fingerprint density at radius 1 is 1.42 bits per heavy atom. The maximum absolute atomic E-state index is 4.64. The van der Waals surface area contributed by atoms with Crippen molar-refractivity contribution in [2.75, 3.05) is 6.54 Å². The minimum absolute atomic E-state index is 0.585. The predicted octanol–water partition coefficient (Wildman–Crippen LogP) is 3.68. The number of rotatable bonds is 5. The van der Waals surface area contributed by atoms with Crippen LogP contribution in [-0.4, -0.2) is 15.9 Å². The van der Waals surface area contributed by atoms with Gasteiger partial charge < -0.3 is 5.32 Å². The van der Waals surface area contributed by atoms with Gasteiger partial charge in [-0.3, -0.25) is 4.40 Å². The number of fused-ring (bicyclic) bond motifs is 1. The van der Waals surface area contributed by atoms with Gasteiger partial charge in [-0.1, -0.05) is 13.3 Å². The molecule has 0 radical (unpaired) electrons. The van der Waals surface area contributed by atoms with Crippen molar-refractivity contribution < 1.29 is 0 Å². The summed E-state index contributed by atoms with van der Waals surface area (Å²) in [6.45, 7) is 8.69. The molecule has 2 aromatic rings. The van der Waals surface area contributed by atoms with Crippen LogP contribution in [0.5, 0.6) is 0 Å². The highest BCUT2D eigenvalue weighted by Crippen LogP contribution is 2.43. The number of nitrogens with one attached hydrogen (secondary N) is 1. The fraction of sp³-hybridized carbons (Fsp3) is 0.667. The maximum Gasteiger partial charge on any atom is 0.194 e. The molecule has 1 N–H and O–H groups in total. The van der Waals surface area contributed by atoms with Crippen LogP contribution in [0, 0.1) is 19.3 Å². The Labute approximate surface area is 119 Å². The highest BCUT2D eigenvalue weighted by atomic mass is 32.1. The fourth-order valence-electron chi connectivity index (χ4n) is 3.15. The highest BCUT2D eigenvalue weighted by Gasteiger charge is 2.34. The Morgan fingerprint density at radius 2 is 2.21 bits per heavy atom. The van der Waals surface area contributed by atoms with E-state index in [4.69, 9.17) is 0 Å². The summed E-state index contributed by atoms with van der Waals surface area (Å²) < 4.78 is 2.30. The maximum atomic E-state index is 4.64. The van der Waals surface area contributed by atoms with Gasteiger partial charge in [0.1, 0.15) is 0 Å². The Hall–Kier alpha value is -0.870. The standard InChI is InChI=1S/C15H23N3S/c1-4-15(6-5-7-15)10-16-8-13-12(3)17-14-18(13)11(2)9-19-14/h9,16H,4-8,10H2,1-3H3. The van der Waals surface area contributed by atoms with Gasteiger partial charge in [0.25, 0.3) is 0 Å². The second kappa shape index (κ2) is 4.91. The Kier molecular flexibility index (Phi) is 3.39. The van der Waals surface area contributed by atoms with E-state index < -0.39 is 0 Å². The first kappa shape index (κ1) is 13.1. The lowest BCUT2D eigenvalue weighted by Crippen LogP contribution is -2.39. The average molecular weight is 277 g/mol. The van der Waals surface area contributed by atoms with Gasteiger partial charge in [-0.2, -0.15) is 0 Å². The quantitative estimate of drug-likeness (QED) is 0.903. The van der Waals surface area contributed by atoms with E-state index in [0.717, 1.165) is 18.1 Å². The van der Waals surface area contributed by atoms with E-state index in [2.05, 4.69) is 40.9 Å². The second-order valence-electron chi connectivity index (χ2n) is 5.95.